The number of para-hydroxylation sites is 1. The van der Waals surface area contributed by atoms with E-state index in [1.807, 2.05) is 44.2 Å². The third kappa shape index (κ3) is 5.21. The minimum atomic E-state index is -0.921. The van der Waals surface area contributed by atoms with Crippen LogP contribution in [0.25, 0.3) is 12.2 Å². The fourth-order valence-corrected chi connectivity index (χ4v) is 3.38. The second kappa shape index (κ2) is 9.91. The number of hydrogen-bond acceptors (Lipinski definition) is 6. The van der Waals surface area contributed by atoms with Crippen LogP contribution in [-0.2, 0) is 9.59 Å². The van der Waals surface area contributed by atoms with Gasteiger partial charge in [0.15, 0.2) is 5.71 Å². The van der Waals surface area contributed by atoms with Crippen LogP contribution in [0.4, 0.5) is 5.69 Å². The summed E-state index contributed by atoms with van der Waals surface area (Å²) in [7, 11) is 0. The highest BCUT2D eigenvalue weighted by molar-refractivity contribution is 6.68. The molecule has 0 atom stereocenters. The predicted molar refractivity (Wildman–Crippen MR) is 126 cm³/mol. The summed E-state index contributed by atoms with van der Waals surface area (Å²) in [5.74, 6) is -1.32. The Morgan fingerprint density at radius 2 is 1.81 bits per heavy atom. The molecule has 0 unspecified atom stereocenters. The van der Waals surface area contributed by atoms with Crippen molar-refractivity contribution in [3.8, 4) is 5.75 Å². The van der Waals surface area contributed by atoms with E-state index >= 15 is 0 Å². The summed E-state index contributed by atoms with van der Waals surface area (Å²) in [6.07, 6.45) is 4.05. The zero-order chi connectivity index (χ0) is 23.3. The number of benzene rings is 2. The molecule has 0 aliphatic carbocycles. The van der Waals surface area contributed by atoms with Gasteiger partial charge in [0.25, 0.3) is 5.91 Å². The van der Waals surface area contributed by atoms with Crippen molar-refractivity contribution >= 4 is 41.1 Å². The number of carbonyl (C=O) groups excluding carboxylic acids is 1. The fraction of sp³-hybridized carbons (Fsp3) is 0.250. The second-order valence-corrected chi connectivity index (χ2v) is 7.57. The number of aryl methyl sites for hydroxylation is 2. The average molecular weight is 434 g/mol. The Labute approximate surface area is 186 Å². The van der Waals surface area contributed by atoms with E-state index in [4.69, 9.17) is 5.11 Å². The third-order valence-corrected chi connectivity index (χ3v) is 5.14. The van der Waals surface area contributed by atoms with Crippen molar-refractivity contribution < 1.29 is 19.8 Å². The highest BCUT2D eigenvalue weighted by Crippen LogP contribution is 2.29. The van der Waals surface area contributed by atoms with Gasteiger partial charge in [0.1, 0.15) is 5.75 Å². The quantitative estimate of drug-likeness (QED) is 0.330. The highest BCUT2D eigenvalue weighted by Gasteiger charge is 2.29. The monoisotopic (exact) mass is 434 g/mol. The fourth-order valence-electron chi connectivity index (χ4n) is 3.38. The van der Waals surface area contributed by atoms with E-state index in [0.717, 1.165) is 16.7 Å². The van der Waals surface area contributed by atoms with E-state index in [2.05, 4.69) is 15.6 Å². The van der Waals surface area contributed by atoms with Gasteiger partial charge in [0.2, 0.25) is 0 Å². The maximum Gasteiger partial charge on any atom is 0.303 e. The second-order valence-electron chi connectivity index (χ2n) is 7.57. The van der Waals surface area contributed by atoms with Crippen molar-refractivity contribution in [3.05, 3.63) is 58.7 Å². The number of hydrogen-bond donors (Lipinski definition) is 3. The van der Waals surface area contributed by atoms with Crippen LogP contribution in [0.1, 0.15) is 42.0 Å². The molecule has 166 valence electrons. The Morgan fingerprint density at radius 3 is 2.50 bits per heavy atom. The first-order valence-electron chi connectivity index (χ1n) is 10.3. The number of rotatable bonds is 8. The van der Waals surface area contributed by atoms with E-state index in [1.165, 1.54) is 5.01 Å². The number of carbonyl (C=O) groups is 2. The topological polar surface area (TPSA) is 115 Å². The molecule has 2 aromatic carbocycles. The smallest absolute Gasteiger partial charge is 0.303 e. The summed E-state index contributed by atoms with van der Waals surface area (Å²) < 4.78 is 0. The lowest BCUT2D eigenvalue weighted by molar-refractivity contribution is -0.137. The zero-order valence-electron chi connectivity index (χ0n) is 18.3. The largest absolute Gasteiger partial charge is 0.505 e. The number of nitrogens with zero attached hydrogens (tertiary/aromatic N) is 3. The SMILES string of the molecule is CC1=NN(CCCC(=O)O)C(=O)/C1=N\Nc1cccc(/C=C\c2c(C)cccc2C)c1O. The van der Waals surface area contributed by atoms with Crippen molar-refractivity contribution in [2.75, 3.05) is 12.0 Å². The molecule has 0 radical (unpaired) electrons. The number of anilines is 1. The molecule has 0 saturated carbocycles. The van der Waals surface area contributed by atoms with Crippen LogP contribution in [0.2, 0.25) is 0 Å². The van der Waals surface area contributed by atoms with Crippen LogP contribution >= 0.6 is 0 Å². The molecule has 2 aromatic rings. The van der Waals surface area contributed by atoms with E-state index in [9.17, 15) is 14.7 Å². The minimum absolute atomic E-state index is 0.0117. The van der Waals surface area contributed by atoms with E-state index in [1.54, 1.807) is 25.1 Å². The van der Waals surface area contributed by atoms with Gasteiger partial charge in [0.05, 0.1) is 11.4 Å². The number of aromatic hydroxyl groups is 1. The van der Waals surface area contributed by atoms with Gasteiger partial charge in [-0.05, 0) is 49.9 Å². The van der Waals surface area contributed by atoms with Gasteiger partial charge in [-0.15, -0.1) is 0 Å². The average Bonchev–Trinajstić information content (AvgIpc) is 3.00. The van der Waals surface area contributed by atoms with Crippen LogP contribution in [0.15, 0.2) is 46.6 Å². The van der Waals surface area contributed by atoms with E-state index in [0.29, 0.717) is 23.4 Å². The Bertz CT molecular complexity index is 1110. The molecule has 0 aromatic heterocycles. The molecule has 1 aliphatic heterocycles. The first-order chi connectivity index (χ1) is 15.3. The number of carboxylic acid groups (broad SMARTS) is 1. The van der Waals surface area contributed by atoms with Gasteiger partial charge < -0.3 is 10.2 Å². The van der Waals surface area contributed by atoms with Crippen LogP contribution in [0.3, 0.4) is 0 Å². The normalized spacial score (nSPS) is 15.0. The Balaban J connectivity index is 1.74. The summed E-state index contributed by atoms with van der Waals surface area (Å²) in [5, 5.41) is 28.9. The molecule has 3 rings (SSSR count). The first kappa shape index (κ1) is 22.7. The maximum absolute atomic E-state index is 12.5. The Morgan fingerprint density at radius 1 is 1.12 bits per heavy atom. The summed E-state index contributed by atoms with van der Waals surface area (Å²) in [6, 6.07) is 11.3. The highest BCUT2D eigenvalue weighted by atomic mass is 16.4. The van der Waals surface area contributed by atoms with E-state index in [-0.39, 0.29) is 24.4 Å². The number of carboxylic acids is 1. The van der Waals surface area contributed by atoms with Crippen molar-refractivity contribution in [2.45, 2.75) is 33.6 Å². The standard InChI is InChI=1S/C24H26N4O4/c1-15-7-4-8-16(2)19(15)13-12-18-9-5-10-20(23(18)31)25-26-22-17(3)27-28(24(22)32)14-6-11-21(29)30/h4-5,7-10,12-13,25,31H,6,11,14H2,1-3H3,(H,29,30)/b13-12-,26-22-. The minimum Gasteiger partial charge on any atom is -0.505 e. The summed E-state index contributed by atoms with van der Waals surface area (Å²) in [6.45, 7) is 5.92. The molecular formula is C24H26N4O4. The molecular weight excluding hydrogens is 408 g/mol. The van der Waals surface area contributed by atoms with Gasteiger partial charge in [0, 0.05) is 18.5 Å². The van der Waals surface area contributed by atoms with Crippen molar-refractivity contribution in [1.29, 1.82) is 0 Å². The molecule has 3 N–H and O–H groups in total. The summed E-state index contributed by atoms with van der Waals surface area (Å²) in [4.78, 5) is 23.2. The number of phenols is 1. The van der Waals surface area contributed by atoms with Crippen LogP contribution in [-0.4, -0.2) is 45.1 Å². The Hall–Kier alpha value is -3.94. The number of amides is 1. The van der Waals surface area contributed by atoms with Crippen molar-refractivity contribution in [3.63, 3.8) is 0 Å². The van der Waals surface area contributed by atoms with Crippen LogP contribution in [0, 0.1) is 13.8 Å². The number of aliphatic carboxylic acids is 1. The molecule has 8 nitrogen and oxygen atoms in total. The molecule has 1 heterocycles. The lowest BCUT2D eigenvalue weighted by atomic mass is 10.0. The summed E-state index contributed by atoms with van der Waals surface area (Å²) >= 11 is 0. The predicted octanol–water partition coefficient (Wildman–Crippen LogP) is 4.03. The molecule has 8 heteroatoms. The van der Waals surface area contributed by atoms with Crippen molar-refractivity contribution in [2.24, 2.45) is 10.2 Å². The van der Waals surface area contributed by atoms with Crippen LogP contribution < -0.4 is 5.43 Å². The molecule has 1 amide bonds. The first-order valence-corrected chi connectivity index (χ1v) is 10.3. The van der Waals surface area contributed by atoms with Gasteiger partial charge >= 0.3 is 5.97 Å². The molecule has 0 saturated heterocycles. The van der Waals surface area contributed by atoms with Crippen LogP contribution in [0.5, 0.6) is 5.75 Å². The van der Waals surface area contributed by atoms with Crippen molar-refractivity contribution in [1.82, 2.24) is 5.01 Å². The zero-order valence-corrected chi connectivity index (χ0v) is 18.3. The summed E-state index contributed by atoms with van der Waals surface area (Å²) in [5.41, 5.74) is 7.63. The number of hydrazone groups is 2. The number of nitrogens with one attached hydrogen (secondary N) is 1. The lowest BCUT2D eigenvalue weighted by Crippen LogP contribution is -2.29. The molecule has 0 bridgehead atoms. The van der Waals surface area contributed by atoms with E-state index < -0.39 is 11.9 Å². The van der Waals surface area contributed by atoms with Gasteiger partial charge in [-0.25, -0.2) is 5.01 Å². The molecule has 1 aliphatic rings. The van der Waals surface area contributed by atoms with Gasteiger partial charge in [-0.3, -0.25) is 15.0 Å². The third-order valence-electron chi connectivity index (χ3n) is 5.14. The van der Waals surface area contributed by atoms with Gasteiger partial charge in [-0.1, -0.05) is 42.5 Å². The Kier molecular flexibility index (Phi) is 7.04. The maximum atomic E-state index is 12.5. The lowest BCUT2D eigenvalue weighted by Gasteiger charge is -2.10. The number of phenolic OH excluding ortho intramolecular Hbond substituents is 1. The van der Waals surface area contributed by atoms with Gasteiger partial charge in [-0.2, -0.15) is 10.2 Å². The molecule has 0 fully saturated rings. The molecule has 32 heavy (non-hydrogen) atoms. The molecule has 0 spiro atoms.